The Hall–Kier alpha value is -1.79. The molecular weight excluding hydrogens is 277 g/mol. The van der Waals surface area contributed by atoms with Crippen LogP contribution in [0.4, 0.5) is 9.52 Å². The third-order valence-electron chi connectivity index (χ3n) is 2.70. The number of nitrogens with one attached hydrogen (secondary N) is 1. The first-order valence-electron chi connectivity index (χ1n) is 6.31. The van der Waals surface area contributed by atoms with Crippen LogP contribution in [0.25, 0.3) is 11.3 Å². The fourth-order valence-corrected chi connectivity index (χ4v) is 2.39. The zero-order valence-electron chi connectivity index (χ0n) is 11.1. The number of thiazole rings is 1. The van der Waals surface area contributed by atoms with Crippen LogP contribution in [0.2, 0.25) is 0 Å². The van der Waals surface area contributed by atoms with E-state index in [1.165, 1.54) is 23.5 Å². The van der Waals surface area contributed by atoms with Gasteiger partial charge in [0.25, 0.3) is 0 Å². The lowest BCUT2D eigenvalue weighted by Gasteiger charge is -2.04. The van der Waals surface area contributed by atoms with Crippen molar-refractivity contribution in [2.24, 2.45) is 5.73 Å². The molecule has 3 N–H and O–H groups in total. The highest BCUT2D eigenvalue weighted by atomic mass is 32.1. The van der Waals surface area contributed by atoms with Crippen molar-refractivity contribution < 1.29 is 9.18 Å². The van der Waals surface area contributed by atoms with E-state index >= 15 is 0 Å². The first-order chi connectivity index (χ1) is 9.54. The topological polar surface area (TPSA) is 68.0 Å². The molecule has 20 heavy (non-hydrogen) atoms. The molecule has 6 heteroatoms. The molecule has 1 unspecified atom stereocenters. The molecule has 0 aliphatic heterocycles. The summed E-state index contributed by atoms with van der Waals surface area (Å²) in [5, 5.41) is 5.02. The molecule has 0 fully saturated rings. The fraction of sp³-hybridized carbons (Fsp3) is 0.286. The number of benzene rings is 1. The van der Waals surface area contributed by atoms with Crippen LogP contribution in [0.1, 0.15) is 19.8 Å². The van der Waals surface area contributed by atoms with Crippen LogP contribution in [-0.2, 0) is 4.79 Å². The third-order valence-corrected chi connectivity index (χ3v) is 3.46. The molecule has 1 amide bonds. The van der Waals surface area contributed by atoms with Crippen molar-refractivity contribution in [1.29, 1.82) is 0 Å². The molecule has 4 nitrogen and oxygen atoms in total. The van der Waals surface area contributed by atoms with Gasteiger partial charge in [0.2, 0.25) is 5.91 Å². The van der Waals surface area contributed by atoms with Crippen molar-refractivity contribution in [3.63, 3.8) is 0 Å². The second-order valence-corrected chi connectivity index (χ2v) is 5.47. The molecule has 1 aromatic heterocycles. The first-order valence-corrected chi connectivity index (χ1v) is 7.19. The highest BCUT2D eigenvalue weighted by Gasteiger charge is 2.09. The van der Waals surface area contributed by atoms with Crippen LogP contribution in [0.15, 0.2) is 29.6 Å². The number of hydrogen-bond donors (Lipinski definition) is 2. The lowest BCUT2D eigenvalue weighted by Crippen LogP contribution is -2.19. The standard InChI is InChI=1S/C14H16FN3OS/c1-9(16)5-6-13(19)18-14-17-12(8-20-14)10-3-2-4-11(15)7-10/h2-4,7-9H,5-6,16H2,1H3,(H,17,18,19). The van der Waals surface area contributed by atoms with Crippen LogP contribution >= 0.6 is 11.3 Å². The summed E-state index contributed by atoms with van der Waals surface area (Å²) in [5.41, 5.74) is 6.94. The summed E-state index contributed by atoms with van der Waals surface area (Å²) in [7, 11) is 0. The van der Waals surface area contributed by atoms with E-state index in [-0.39, 0.29) is 17.8 Å². The van der Waals surface area contributed by atoms with E-state index in [0.717, 1.165) is 0 Å². The molecule has 0 bridgehead atoms. The summed E-state index contributed by atoms with van der Waals surface area (Å²) >= 11 is 1.32. The SMILES string of the molecule is CC(N)CCC(=O)Nc1nc(-c2cccc(F)c2)cs1. The van der Waals surface area contributed by atoms with Crippen molar-refractivity contribution in [2.75, 3.05) is 5.32 Å². The van der Waals surface area contributed by atoms with Crippen LogP contribution in [0.3, 0.4) is 0 Å². The van der Waals surface area contributed by atoms with Crippen LogP contribution in [0.5, 0.6) is 0 Å². The van der Waals surface area contributed by atoms with Crippen molar-refractivity contribution >= 4 is 22.4 Å². The number of hydrogen-bond acceptors (Lipinski definition) is 4. The maximum absolute atomic E-state index is 13.1. The van der Waals surface area contributed by atoms with Gasteiger partial charge in [-0.05, 0) is 25.5 Å². The van der Waals surface area contributed by atoms with Crippen LogP contribution in [-0.4, -0.2) is 16.9 Å². The molecule has 0 aliphatic carbocycles. The van der Waals surface area contributed by atoms with Gasteiger partial charge in [0.15, 0.2) is 5.13 Å². The lowest BCUT2D eigenvalue weighted by atomic mass is 10.2. The Morgan fingerprint density at radius 3 is 3.05 bits per heavy atom. The lowest BCUT2D eigenvalue weighted by molar-refractivity contribution is -0.116. The fourth-order valence-electron chi connectivity index (χ4n) is 1.65. The first kappa shape index (κ1) is 14.6. The van der Waals surface area contributed by atoms with Gasteiger partial charge < -0.3 is 11.1 Å². The van der Waals surface area contributed by atoms with E-state index in [4.69, 9.17) is 5.73 Å². The summed E-state index contributed by atoms with van der Waals surface area (Å²) in [6.07, 6.45) is 1.00. The predicted octanol–water partition coefficient (Wildman–Crippen LogP) is 3.02. The minimum absolute atomic E-state index is 0.0000927. The zero-order valence-corrected chi connectivity index (χ0v) is 11.9. The minimum atomic E-state index is -0.307. The molecule has 106 valence electrons. The highest BCUT2D eigenvalue weighted by Crippen LogP contribution is 2.25. The number of aromatic nitrogens is 1. The smallest absolute Gasteiger partial charge is 0.226 e. The van der Waals surface area contributed by atoms with E-state index in [1.807, 2.05) is 6.92 Å². The molecule has 0 aliphatic rings. The van der Waals surface area contributed by atoms with E-state index in [9.17, 15) is 9.18 Å². The molecule has 1 atom stereocenters. The monoisotopic (exact) mass is 293 g/mol. The number of rotatable bonds is 5. The van der Waals surface area contributed by atoms with E-state index in [2.05, 4.69) is 10.3 Å². The van der Waals surface area contributed by atoms with Gasteiger partial charge in [-0.2, -0.15) is 0 Å². The normalized spacial score (nSPS) is 12.2. The van der Waals surface area contributed by atoms with Gasteiger partial charge in [-0.1, -0.05) is 12.1 Å². The molecule has 1 aromatic carbocycles. The van der Waals surface area contributed by atoms with Crippen molar-refractivity contribution in [1.82, 2.24) is 4.98 Å². The summed E-state index contributed by atoms with van der Waals surface area (Å²) in [6, 6.07) is 6.20. The number of nitrogens with two attached hydrogens (primary N) is 1. The number of carbonyl (C=O) groups excluding carboxylic acids is 1. The Balaban J connectivity index is 2.00. The highest BCUT2D eigenvalue weighted by molar-refractivity contribution is 7.14. The number of anilines is 1. The predicted molar refractivity (Wildman–Crippen MR) is 79.0 cm³/mol. The molecular formula is C14H16FN3OS. The minimum Gasteiger partial charge on any atom is -0.328 e. The molecule has 0 spiro atoms. The number of amides is 1. The van der Waals surface area contributed by atoms with Gasteiger partial charge in [-0.15, -0.1) is 11.3 Å². The summed E-state index contributed by atoms with van der Waals surface area (Å²) in [5.74, 6) is -0.416. The van der Waals surface area contributed by atoms with Gasteiger partial charge in [-0.25, -0.2) is 9.37 Å². The van der Waals surface area contributed by atoms with E-state index in [0.29, 0.717) is 29.2 Å². The maximum Gasteiger partial charge on any atom is 0.226 e. The average Bonchev–Trinajstić information content (AvgIpc) is 2.85. The summed E-state index contributed by atoms with van der Waals surface area (Å²) < 4.78 is 13.1. The van der Waals surface area contributed by atoms with E-state index < -0.39 is 0 Å². The Morgan fingerprint density at radius 1 is 1.55 bits per heavy atom. The molecule has 0 saturated carbocycles. The van der Waals surface area contributed by atoms with Crippen molar-refractivity contribution in [3.8, 4) is 11.3 Å². The Labute approximate surface area is 120 Å². The summed E-state index contributed by atoms with van der Waals surface area (Å²) in [6.45, 7) is 1.86. The van der Waals surface area contributed by atoms with Gasteiger partial charge in [0.05, 0.1) is 5.69 Å². The quantitative estimate of drug-likeness (QED) is 0.890. The second-order valence-electron chi connectivity index (χ2n) is 4.61. The van der Waals surface area contributed by atoms with Gasteiger partial charge in [-0.3, -0.25) is 4.79 Å². The maximum atomic E-state index is 13.1. The number of carbonyl (C=O) groups is 1. The molecule has 0 saturated heterocycles. The van der Waals surface area contributed by atoms with Crippen LogP contribution < -0.4 is 11.1 Å². The van der Waals surface area contributed by atoms with Crippen molar-refractivity contribution in [2.45, 2.75) is 25.8 Å². The molecule has 2 aromatic rings. The van der Waals surface area contributed by atoms with Gasteiger partial charge >= 0.3 is 0 Å². The van der Waals surface area contributed by atoms with E-state index in [1.54, 1.807) is 17.5 Å². The number of halogens is 1. The molecule has 2 rings (SSSR count). The largest absolute Gasteiger partial charge is 0.328 e. The molecule has 0 radical (unpaired) electrons. The van der Waals surface area contributed by atoms with Gasteiger partial charge in [0, 0.05) is 23.4 Å². The second kappa shape index (κ2) is 6.58. The Bertz CT molecular complexity index is 598. The summed E-state index contributed by atoms with van der Waals surface area (Å²) in [4.78, 5) is 15.9. The van der Waals surface area contributed by atoms with Gasteiger partial charge in [0.1, 0.15) is 5.82 Å². The number of nitrogens with zero attached hydrogens (tertiary/aromatic N) is 1. The average molecular weight is 293 g/mol. The molecule has 1 heterocycles. The van der Waals surface area contributed by atoms with Crippen molar-refractivity contribution in [3.05, 3.63) is 35.5 Å². The Kier molecular flexibility index (Phi) is 4.81. The third kappa shape index (κ3) is 4.11. The zero-order chi connectivity index (χ0) is 14.5. The van der Waals surface area contributed by atoms with Crippen LogP contribution in [0, 0.1) is 5.82 Å². The Morgan fingerprint density at radius 2 is 2.35 bits per heavy atom.